The van der Waals surface area contributed by atoms with Crippen molar-refractivity contribution in [2.24, 2.45) is 17.4 Å². The van der Waals surface area contributed by atoms with Crippen LogP contribution >= 0.6 is 0 Å². The van der Waals surface area contributed by atoms with E-state index in [-0.39, 0.29) is 0 Å². The summed E-state index contributed by atoms with van der Waals surface area (Å²) in [6, 6.07) is -0.378. The standard InChI is InChI=1S/C9H18N2O2/c10-7-3-1-6(2-4-7)5-8(11)9(12)13/h6-8H,1-5,10-11H2,(H,12,13)/t6-,7-,8-/m1/s1. The number of carboxylic acid groups (broad SMARTS) is 1. The molecule has 1 rings (SSSR count). The minimum atomic E-state index is -0.894. The number of aliphatic carboxylic acids is 1. The zero-order valence-electron chi connectivity index (χ0n) is 7.78. The quantitative estimate of drug-likeness (QED) is 0.591. The minimum absolute atomic E-state index is 0.317. The number of hydrogen-bond donors (Lipinski definition) is 3. The first-order valence-electron chi connectivity index (χ1n) is 4.83. The molecule has 4 heteroatoms. The Morgan fingerprint density at radius 3 is 2.38 bits per heavy atom. The first kappa shape index (κ1) is 10.5. The Labute approximate surface area is 78.3 Å². The molecule has 76 valence electrons. The first-order valence-corrected chi connectivity index (χ1v) is 4.83. The molecule has 0 spiro atoms. The summed E-state index contributed by atoms with van der Waals surface area (Å²) in [7, 11) is 0. The van der Waals surface area contributed by atoms with Crippen LogP contribution in [0.15, 0.2) is 0 Å². The van der Waals surface area contributed by atoms with Crippen molar-refractivity contribution >= 4 is 5.97 Å². The summed E-state index contributed by atoms with van der Waals surface area (Å²) in [6.07, 6.45) is 4.68. The maximum Gasteiger partial charge on any atom is 0.320 e. The van der Waals surface area contributed by atoms with E-state index >= 15 is 0 Å². The molecule has 0 bridgehead atoms. The second kappa shape index (κ2) is 4.58. The highest BCUT2D eigenvalue weighted by Crippen LogP contribution is 2.26. The SMILES string of the molecule is N[C@H](C[C@H]1CC[C@H](N)CC1)C(=O)O. The number of hydrogen-bond acceptors (Lipinski definition) is 3. The lowest BCUT2D eigenvalue weighted by Crippen LogP contribution is -2.35. The van der Waals surface area contributed by atoms with Crippen LogP contribution in [-0.4, -0.2) is 23.2 Å². The second-order valence-corrected chi connectivity index (χ2v) is 3.96. The maximum absolute atomic E-state index is 10.5. The fourth-order valence-corrected chi connectivity index (χ4v) is 1.88. The van der Waals surface area contributed by atoms with Crippen molar-refractivity contribution in [1.29, 1.82) is 0 Å². The molecule has 0 aromatic carbocycles. The summed E-state index contributed by atoms with van der Waals surface area (Å²) < 4.78 is 0. The Balaban J connectivity index is 2.26. The topological polar surface area (TPSA) is 89.3 Å². The molecule has 1 atom stereocenters. The molecule has 1 aliphatic carbocycles. The molecular formula is C9H18N2O2. The fraction of sp³-hybridized carbons (Fsp3) is 0.889. The molecule has 1 aliphatic rings. The van der Waals surface area contributed by atoms with E-state index in [0.717, 1.165) is 25.7 Å². The zero-order valence-corrected chi connectivity index (χ0v) is 7.78. The van der Waals surface area contributed by atoms with E-state index in [2.05, 4.69) is 0 Å². The third kappa shape index (κ3) is 3.32. The molecule has 0 aromatic heterocycles. The molecule has 0 aliphatic heterocycles. The van der Waals surface area contributed by atoms with E-state index in [4.69, 9.17) is 16.6 Å². The van der Waals surface area contributed by atoms with Crippen LogP contribution in [-0.2, 0) is 4.79 Å². The Hall–Kier alpha value is -0.610. The van der Waals surface area contributed by atoms with Gasteiger partial charge in [0, 0.05) is 6.04 Å². The van der Waals surface area contributed by atoms with Gasteiger partial charge in [0.25, 0.3) is 0 Å². The van der Waals surface area contributed by atoms with Gasteiger partial charge in [-0.3, -0.25) is 4.79 Å². The molecule has 4 nitrogen and oxygen atoms in total. The molecular weight excluding hydrogens is 168 g/mol. The van der Waals surface area contributed by atoms with Crippen molar-refractivity contribution in [3.8, 4) is 0 Å². The van der Waals surface area contributed by atoms with Gasteiger partial charge in [-0.25, -0.2) is 0 Å². The van der Waals surface area contributed by atoms with Crippen molar-refractivity contribution in [1.82, 2.24) is 0 Å². The van der Waals surface area contributed by atoms with Crippen LogP contribution in [0.1, 0.15) is 32.1 Å². The van der Waals surface area contributed by atoms with Gasteiger partial charge in [-0.05, 0) is 38.0 Å². The van der Waals surface area contributed by atoms with Gasteiger partial charge in [0.1, 0.15) is 6.04 Å². The van der Waals surface area contributed by atoms with E-state index in [0.29, 0.717) is 18.4 Å². The zero-order chi connectivity index (χ0) is 9.84. The summed E-state index contributed by atoms with van der Waals surface area (Å²) >= 11 is 0. The normalized spacial score (nSPS) is 31.2. The lowest BCUT2D eigenvalue weighted by atomic mass is 9.83. The van der Waals surface area contributed by atoms with Crippen LogP contribution in [0.5, 0.6) is 0 Å². The average Bonchev–Trinajstić information content (AvgIpc) is 2.08. The highest BCUT2D eigenvalue weighted by molar-refractivity contribution is 5.73. The molecule has 1 fully saturated rings. The van der Waals surface area contributed by atoms with Crippen molar-refractivity contribution in [2.75, 3.05) is 0 Å². The summed E-state index contributed by atoms with van der Waals surface area (Å²) in [4.78, 5) is 10.5. The van der Waals surface area contributed by atoms with Gasteiger partial charge in [-0.1, -0.05) is 0 Å². The minimum Gasteiger partial charge on any atom is -0.480 e. The van der Waals surface area contributed by atoms with Crippen LogP contribution in [0.2, 0.25) is 0 Å². The Morgan fingerprint density at radius 1 is 1.38 bits per heavy atom. The predicted molar refractivity (Wildman–Crippen MR) is 50.2 cm³/mol. The van der Waals surface area contributed by atoms with Gasteiger partial charge in [-0.2, -0.15) is 0 Å². The Bertz CT molecular complexity index is 176. The van der Waals surface area contributed by atoms with Crippen molar-refractivity contribution in [3.05, 3.63) is 0 Å². The van der Waals surface area contributed by atoms with Crippen molar-refractivity contribution < 1.29 is 9.90 Å². The highest BCUT2D eigenvalue weighted by Gasteiger charge is 2.23. The average molecular weight is 186 g/mol. The molecule has 5 N–H and O–H groups in total. The summed E-state index contributed by atoms with van der Waals surface area (Å²) in [5, 5.41) is 8.61. The van der Waals surface area contributed by atoms with Gasteiger partial charge in [-0.15, -0.1) is 0 Å². The van der Waals surface area contributed by atoms with Gasteiger partial charge >= 0.3 is 5.97 Å². The highest BCUT2D eigenvalue weighted by atomic mass is 16.4. The summed E-state index contributed by atoms with van der Waals surface area (Å²) in [5.41, 5.74) is 11.2. The molecule has 0 aromatic rings. The second-order valence-electron chi connectivity index (χ2n) is 3.96. The molecule has 1 saturated carbocycles. The van der Waals surface area contributed by atoms with Gasteiger partial charge in [0.05, 0.1) is 0 Å². The lowest BCUT2D eigenvalue weighted by molar-refractivity contribution is -0.139. The maximum atomic E-state index is 10.5. The van der Waals surface area contributed by atoms with Crippen molar-refractivity contribution in [3.63, 3.8) is 0 Å². The number of carbonyl (C=O) groups is 1. The fourth-order valence-electron chi connectivity index (χ4n) is 1.88. The molecule has 0 radical (unpaired) electrons. The Kier molecular flexibility index (Phi) is 3.69. The molecule has 0 unspecified atom stereocenters. The Morgan fingerprint density at radius 2 is 1.92 bits per heavy atom. The van der Waals surface area contributed by atoms with Crippen LogP contribution < -0.4 is 11.5 Å². The van der Waals surface area contributed by atoms with E-state index in [1.54, 1.807) is 0 Å². The van der Waals surface area contributed by atoms with Crippen LogP contribution in [0.3, 0.4) is 0 Å². The smallest absolute Gasteiger partial charge is 0.320 e. The van der Waals surface area contributed by atoms with Crippen LogP contribution in [0.25, 0.3) is 0 Å². The number of carboxylic acids is 1. The summed E-state index contributed by atoms with van der Waals surface area (Å²) in [5.74, 6) is -0.430. The lowest BCUT2D eigenvalue weighted by Gasteiger charge is -2.26. The number of nitrogens with two attached hydrogens (primary N) is 2. The van der Waals surface area contributed by atoms with Gasteiger partial charge in [0.2, 0.25) is 0 Å². The van der Waals surface area contributed by atoms with Crippen LogP contribution in [0.4, 0.5) is 0 Å². The van der Waals surface area contributed by atoms with Gasteiger partial charge in [0.15, 0.2) is 0 Å². The largest absolute Gasteiger partial charge is 0.480 e. The van der Waals surface area contributed by atoms with Crippen LogP contribution in [0, 0.1) is 5.92 Å². The molecule has 0 heterocycles. The first-order chi connectivity index (χ1) is 6.09. The molecule has 0 amide bonds. The third-order valence-electron chi connectivity index (χ3n) is 2.80. The molecule has 0 saturated heterocycles. The summed E-state index contributed by atoms with van der Waals surface area (Å²) in [6.45, 7) is 0. The van der Waals surface area contributed by atoms with E-state index < -0.39 is 12.0 Å². The van der Waals surface area contributed by atoms with Gasteiger partial charge < -0.3 is 16.6 Å². The monoisotopic (exact) mass is 186 g/mol. The van der Waals surface area contributed by atoms with E-state index in [1.807, 2.05) is 0 Å². The van der Waals surface area contributed by atoms with E-state index in [1.165, 1.54) is 0 Å². The molecule has 13 heavy (non-hydrogen) atoms. The predicted octanol–water partition coefficient (Wildman–Crippen LogP) is 0.306. The van der Waals surface area contributed by atoms with E-state index in [9.17, 15) is 4.79 Å². The third-order valence-corrected chi connectivity index (χ3v) is 2.80. The number of rotatable bonds is 3. The van der Waals surface area contributed by atoms with Crippen molar-refractivity contribution in [2.45, 2.75) is 44.2 Å².